The molecule has 0 aromatic heterocycles. The number of carbonyl (C=O) groups is 2. The number of hydrogen-bond donors (Lipinski definition) is 2. The van der Waals surface area contributed by atoms with E-state index >= 15 is 0 Å². The highest BCUT2D eigenvalue weighted by molar-refractivity contribution is 6.30. The predicted molar refractivity (Wildman–Crippen MR) is 79.8 cm³/mol. The van der Waals surface area contributed by atoms with Crippen molar-refractivity contribution >= 4 is 23.4 Å². The molecule has 0 fully saturated rings. The van der Waals surface area contributed by atoms with Crippen LogP contribution in [-0.4, -0.2) is 44.0 Å². The number of rotatable bonds is 8. The van der Waals surface area contributed by atoms with E-state index in [2.05, 4.69) is 10.6 Å². The van der Waals surface area contributed by atoms with Gasteiger partial charge in [-0.2, -0.15) is 0 Å². The number of halogens is 1. The van der Waals surface area contributed by atoms with E-state index in [0.29, 0.717) is 24.6 Å². The zero-order valence-corrected chi connectivity index (χ0v) is 12.8. The number of benzene rings is 1. The molecule has 21 heavy (non-hydrogen) atoms. The number of carbonyl (C=O) groups excluding carboxylic acids is 2. The van der Waals surface area contributed by atoms with Gasteiger partial charge in [0, 0.05) is 13.1 Å². The van der Waals surface area contributed by atoms with Crippen LogP contribution in [0.5, 0.6) is 11.5 Å². The number of alkyl halides is 1. The zero-order chi connectivity index (χ0) is 15.7. The number of para-hydroxylation sites is 2. The molecule has 1 rings (SSSR count). The minimum absolute atomic E-state index is 0.125. The monoisotopic (exact) mass is 314 g/mol. The van der Waals surface area contributed by atoms with Gasteiger partial charge in [-0.1, -0.05) is 12.1 Å². The van der Waals surface area contributed by atoms with Crippen molar-refractivity contribution in [2.24, 2.45) is 0 Å². The van der Waals surface area contributed by atoms with Crippen molar-refractivity contribution in [2.45, 2.75) is 12.3 Å². The fourth-order valence-corrected chi connectivity index (χ4v) is 1.54. The summed E-state index contributed by atoms with van der Waals surface area (Å²) in [5.41, 5.74) is 0. The van der Waals surface area contributed by atoms with Gasteiger partial charge in [-0.15, -0.1) is 11.6 Å². The molecule has 0 spiro atoms. The first kappa shape index (κ1) is 17.1. The molecule has 0 heterocycles. The molecule has 116 valence electrons. The Bertz CT molecular complexity index is 480. The van der Waals surface area contributed by atoms with E-state index in [1.807, 2.05) is 6.07 Å². The van der Waals surface area contributed by atoms with Gasteiger partial charge in [0.25, 0.3) is 5.91 Å². The van der Waals surface area contributed by atoms with Crippen molar-refractivity contribution in [3.63, 3.8) is 0 Å². The number of nitrogens with one attached hydrogen (secondary N) is 2. The Kier molecular flexibility index (Phi) is 7.39. The van der Waals surface area contributed by atoms with E-state index in [-0.39, 0.29) is 18.4 Å². The molecule has 0 bridgehead atoms. The number of hydrogen-bond acceptors (Lipinski definition) is 4. The number of methoxy groups -OCH3 is 1. The van der Waals surface area contributed by atoms with Crippen molar-refractivity contribution in [1.82, 2.24) is 10.6 Å². The summed E-state index contributed by atoms with van der Waals surface area (Å²) in [7, 11) is 1.53. The van der Waals surface area contributed by atoms with E-state index in [9.17, 15) is 9.59 Å². The lowest BCUT2D eigenvalue weighted by molar-refractivity contribution is -0.124. The second kappa shape index (κ2) is 9.07. The molecule has 1 unspecified atom stereocenters. The maximum atomic E-state index is 11.6. The van der Waals surface area contributed by atoms with Gasteiger partial charge >= 0.3 is 0 Å². The standard InChI is InChI=1S/C14H19ClN2O4/c1-10(15)14(19)17-8-7-16-13(18)9-21-12-6-4-3-5-11(12)20-2/h3-6,10H,7-9H2,1-2H3,(H,16,18)(H,17,19). The molecular weight excluding hydrogens is 296 g/mol. The topological polar surface area (TPSA) is 76.7 Å². The van der Waals surface area contributed by atoms with Gasteiger partial charge < -0.3 is 20.1 Å². The lowest BCUT2D eigenvalue weighted by atomic mass is 10.3. The zero-order valence-electron chi connectivity index (χ0n) is 12.0. The lowest BCUT2D eigenvalue weighted by Gasteiger charge is -2.11. The minimum atomic E-state index is -0.588. The Morgan fingerprint density at radius 3 is 2.43 bits per heavy atom. The lowest BCUT2D eigenvalue weighted by Crippen LogP contribution is -2.38. The van der Waals surface area contributed by atoms with Crippen molar-refractivity contribution < 1.29 is 19.1 Å². The molecule has 0 radical (unpaired) electrons. The van der Waals surface area contributed by atoms with Crippen LogP contribution in [0, 0.1) is 0 Å². The van der Waals surface area contributed by atoms with E-state index in [0.717, 1.165) is 0 Å². The molecule has 2 N–H and O–H groups in total. The van der Waals surface area contributed by atoms with Crippen LogP contribution in [0.3, 0.4) is 0 Å². The molecular formula is C14H19ClN2O4. The normalized spacial score (nSPS) is 11.4. The first-order valence-corrected chi connectivity index (χ1v) is 6.92. The van der Waals surface area contributed by atoms with Gasteiger partial charge in [0.05, 0.1) is 7.11 Å². The average molecular weight is 315 g/mol. The number of amides is 2. The predicted octanol–water partition coefficient (Wildman–Crippen LogP) is 0.934. The van der Waals surface area contributed by atoms with E-state index in [1.165, 1.54) is 7.11 Å². The summed E-state index contributed by atoms with van der Waals surface area (Å²) in [5, 5.41) is 4.62. The van der Waals surface area contributed by atoms with Crippen LogP contribution in [0.2, 0.25) is 0 Å². The third-order valence-corrected chi connectivity index (χ3v) is 2.73. The average Bonchev–Trinajstić information content (AvgIpc) is 2.49. The molecule has 1 aromatic carbocycles. The van der Waals surface area contributed by atoms with Crippen LogP contribution in [0.25, 0.3) is 0 Å². The van der Waals surface area contributed by atoms with E-state index in [4.69, 9.17) is 21.1 Å². The third-order valence-electron chi connectivity index (χ3n) is 2.54. The van der Waals surface area contributed by atoms with Crippen LogP contribution in [0.4, 0.5) is 0 Å². The molecule has 0 aliphatic heterocycles. The Morgan fingerprint density at radius 2 is 1.81 bits per heavy atom. The van der Waals surface area contributed by atoms with Crippen LogP contribution >= 0.6 is 11.6 Å². The van der Waals surface area contributed by atoms with Gasteiger partial charge in [0.15, 0.2) is 18.1 Å². The third kappa shape index (κ3) is 6.35. The fraction of sp³-hybridized carbons (Fsp3) is 0.429. The highest BCUT2D eigenvalue weighted by atomic mass is 35.5. The number of ether oxygens (including phenoxy) is 2. The van der Waals surface area contributed by atoms with Gasteiger partial charge in [-0.3, -0.25) is 9.59 Å². The summed E-state index contributed by atoms with van der Waals surface area (Å²) < 4.78 is 10.5. The largest absolute Gasteiger partial charge is 0.493 e. The molecule has 0 aliphatic carbocycles. The van der Waals surface area contributed by atoms with Crippen molar-refractivity contribution in [3.8, 4) is 11.5 Å². The summed E-state index contributed by atoms with van der Waals surface area (Å²) in [6.45, 7) is 2.08. The highest BCUT2D eigenvalue weighted by Crippen LogP contribution is 2.25. The molecule has 0 saturated carbocycles. The smallest absolute Gasteiger partial charge is 0.258 e. The molecule has 1 atom stereocenters. The van der Waals surface area contributed by atoms with Crippen LogP contribution in [0.15, 0.2) is 24.3 Å². The van der Waals surface area contributed by atoms with Gasteiger partial charge in [-0.25, -0.2) is 0 Å². The Morgan fingerprint density at radius 1 is 1.19 bits per heavy atom. The molecule has 7 heteroatoms. The summed E-state index contributed by atoms with van der Waals surface area (Å²) in [6.07, 6.45) is 0. The van der Waals surface area contributed by atoms with Crippen molar-refractivity contribution in [3.05, 3.63) is 24.3 Å². The fourth-order valence-electron chi connectivity index (χ4n) is 1.46. The highest BCUT2D eigenvalue weighted by Gasteiger charge is 2.08. The van der Waals surface area contributed by atoms with Crippen molar-refractivity contribution in [1.29, 1.82) is 0 Å². The Hall–Kier alpha value is -1.95. The van der Waals surface area contributed by atoms with E-state index in [1.54, 1.807) is 25.1 Å². The molecule has 0 aliphatic rings. The maximum Gasteiger partial charge on any atom is 0.258 e. The summed E-state index contributed by atoms with van der Waals surface area (Å²) >= 11 is 5.58. The Balaban J connectivity index is 2.24. The van der Waals surface area contributed by atoms with Crippen LogP contribution < -0.4 is 20.1 Å². The second-order valence-corrected chi connectivity index (χ2v) is 4.85. The van der Waals surface area contributed by atoms with Gasteiger partial charge in [0.1, 0.15) is 5.38 Å². The second-order valence-electron chi connectivity index (χ2n) is 4.20. The van der Waals surface area contributed by atoms with Crippen LogP contribution in [-0.2, 0) is 9.59 Å². The van der Waals surface area contributed by atoms with Crippen molar-refractivity contribution in [2.75, 3.05) is 26.8 Å². The molecule has 6 nitrogen and oxygen atoms in total. The summed E-state index contributed by atoms with van der Waals surface area (Å²) in [4.78, 5) is 22.8. The Labute approximate surface area is 128 Å². The maximum absolute atomic E-state index is 11.6. The first-order chi connectivity index (χ1) is 10.0. The minimum Gasteiger partial charge on any atom is -0.493 e. The van der Waals surface area contributed by atoms with E-state index < -0.39 is 5.38 Å². The summed E-state index contributed by atoms with van der Waals surface area (Å²) in [5.74, 6) is 0.512. The van der Waals surface area contributed by atoms with Crippen LogP contribution in [0.1, 0.15) is 6.92 Å². The quantitative estimate of drug-likeness (QED) is 0.553. The van der Waals surface area contributed by atoms with Gasteiger partial charge in [-0.05, 0) is 19.1 Å². The first-order valence-electron chi connectivity index (χ1n) is 6.49. The molecule has 2 amide bonds. The van der Waals surface area contributed by atoms with Gasteiger partial charge in [0.2, 0.25) is 5.91 Å². The SMILES string of the molecule is COc1ccccc1OCC(=O)NCCNC(=O)C(C)Cl. The molecule has 0 saturated heterocycles. The molecule has 1 aromatic rings. The summed E-state index contributed by atoms with van der Waals surface area (Å²) in [6, 6.07) is 7.06.